The third-order valence-corrected chi connectivity index (χ3v) is 3.82. The largest absolute Gasteiger partial charge is 0.381 e. The van der Waals surface area contributed by atoms with Crippen molar-refractivity contribution >= 4 is 34.2 Å². The average Bonchev–Trinajstić information content (AvgIpc) is 2.88. The van der Waals surface area contributed by atoms with E-state index in [9.17, 15) is 10.1 Å². The van der Waals surface area contributed by atoms with E-state index in [0.717, 1.165) is 17.9 Å². The summed E-state index contributed by atoms with van der Waals surface area (Å²) < 4.78 is 4.63. The topological polar surface area (TPSA) is 94.1 Å². The lowest BCUT2D eigenvalue weighted by atomic mass is 10.2. The lowest BCUT2D eigenvalue weighted by Crippen LogP contribution is -2.16. The van der Waals surface area contributed by atoms with Crippen LogP contribution in [0.2, 0.25) is 0 Å². The van der Waals surface area contributed by atoms with Crippen LogP contribution in [0.4, 0.5) is 11.4 Å². The minimum Gasteiger partial charge on any atom is -0.381 e. The number of thioether (sulfide) groups is 1. The summed E-state index contributed by atoms with van der Waals surface area (Å²) >= 11 is 1.88. The second-order valence-electron chi connectivity index (χ2n) is 4.38. The quantitative estimate of drug-likeness (QED) is 0.476. The zero-order valence-electron chi connectivity index (χ0n) is 11.3. The molecule has 0 spiro atoms. The molecule has 1 unspecified atom stereocenters. The van der Waals surface area contributed by atoms with E-state index in [0.29, 0.717) is 11.2 Å². The van der Waals surface area contributed by atoms with E-state index >= 15 is 0 Å². The van der Waals surface area contributed by atoms with Gasteiger partial charge in [-0.05, 0) is 41.2 Å². The van der Waals surface area contributed by atoms with Crippen molar-refractivity contribution in [2.75, 3.05) is 16.8 Å². The highest BCUT2D eigenvalue weighted by atomic mass is 32.2. The maximum absolute atomic E-state index is 10.9. The Hall–Kier alpha value is -1.83. The number of hydrogen-bond acceptors (Lipinski definition) is 7. The fraction of sp³-hybridized carbons (Fsp3) is 0.500. The maximum Gasteiger partial charge on any atom is 0.300 e. The van der Waals surface area contributed by atoms with E-state index in [1.54, 1.807) is 6.07 Å². The average molecular weight is 296 g/mol. The molecule has 0 fully saturated rings. The number of non-ortho nitro benzene ring substituents is 1. The lowest BCUT2D eigenvalue weighted by Gasteiger charge is -2.14. The van der Waals surface area contributed by atoms with Gasteiger partial charge in [-0.15, -0.1) is 0 Å². The minimum absolute atomic E-state index is 0.0963. The first-order valence-electron chi connectivity index (χ1n) is 6.37. The first kappa shape index (κ1) is 14.6. The molecule has 0 aliphatic rings. The van der Waals surface area contributed by atoms with Gasteiger partial charge >= 0.3 is 5.69 Å². The predicted molar refractivity (Wildman–Crippen MR) is 79.2 cm³/mol. The van der Waals surface area contributed by atoms with Gasteiger partial charge in [0, 0.05) is 12.1 Å². The van der Waals surface area contributed by atoms with Crippen LogP contribution in [0.25, 0.3) is 11.0 Å². The van der Waals surface area contributed by atoms with Crippen LogP contribution in [-0.4, -0.2) is 32.8 Å². The second-order valence-corrected chi connectivity index (χ2v) is 5.78. The van der Waals surface area contributed by atoms with Crippen molar-refractivity contribution in [3.63, 3.8) is 0 Å². The summed E-state index contributed by atoms with van der Waals surface area (Å²) in [6, 6.07) is 3.31. The highest BCUT2D eigenvalue weighted by Crippen LogP contribution is 2.29. The van der Waals surface area contributed by atoms with Crippen molar-refractivity contribution in [1.82, 2.24) is 10.3 Å². The fourth-order valence-electron chi connectivity index (χ4n) is 1.86. The molecule has 1 N–H and O–H groups in total. The van der Waals surface area contributed by atoms with Gasteiger partial charge in [0.1, 0.15) is 0 Å². The Bertz CT molecular complexity index is 601. The monoisotopic (exact) mass is 296 g/mol. The molecule has 1 aromatic heterocycles. The standard InChI is InChI=1S/C12H16N4O3S/c1-3-20-7-6-8(2)13-9-4-5-10(16(17)18)12-11(9)14-19-15-12/h4-5,8,13H,3,6-7H2,1-2H3. The molecule has 0 bridgehead atoms. The molecule has 0 aliphatic carbocycles. The van der Waals surface area contributed by atoms with Crippen molar-refractivity contribution < 1.29 is 9.55 Å². The number of nitrogens with one attached hydrogen (secondary N) is 1. The smallest absolute Gasteiger partial charge is 0.300 e. The number of hydrogen-bond donors (Lipinski definition) is 1. The number of nitro benzene ring substituents is 1. The Morgan fingerprint density at radius 2 is 2.20 bits per heavy atom. The van der Waals surface area contributed by atoms with Crippen molar-refractivity contribution in [3.8, 4) is 0 Å². The molecule has 1 heterocycles. The number of nitrogens with zero attached hydrogens (tertiary/aromatic N) is 3. The molecular weight excluding hydrogens is 280 g/mol. The van der Waals surface area contributed by atoms with Crippen LogP contribution in [0.3, 0.4) is 0 Å². The molecule has 1 aromatic carbocycles. The first-order chi connectivity index (χ1) is 9.63. The molecule has 8 heteroatoms. The molecular formula is C12H16N4O3S. The predicted octanol–water partition coefficient (Wildman–Crippen LogP) is 3.07. The summed E-state index contributed by atoms with van der Waals surface area (Å²) in [5.41, 5.74) is 1.19. The Morgan fingerprint density at radius 1 is 1.45 bits per heavy atom. The molecule has 0 aliphatic heterocycles. The summed E-state index contributed by atoms with van der Waals surface area (Å²) in [4.78, 5) is 10.4. The molecule has 0 saturated heterocycles. The van der Waals surface area contributed by atoms with Gasteiger partial charge in [0.15, 0.2) is 5.52 Å². The highest BCUT2D eigenvalue weighted by molar-refractivity contribution is 7.99. The van der Waals surface area contributed by atoms with Gasteiger partial charge in [0.2, 0.25) is 5.52 Å². The number of anilines is 1. The minimum atomic E-state index is -0.488. The Morgan fingerprint density at radius 3 is 2.90 bits per heavy atom. The summed E-state index contributed by atoms with van der Waals surface area (Å²) in [5, 5.41) is 21.6. The van der Waals surface area contributed by atoms with E-state index in [2.05, 4.69) is 34.1 Å². The Balaban J connectivity index is 2.17. The Labute approximate surface area is 120 Å². The van der Waals surface area contributed by atoms with Gasteiger partial charge in [-0.3, -0.25) is 10.1 Å². The first-order valence-corrected chi connectivity index (χ1v) is 7.53. The third kappa shape index (κ3) is 3.19. The fourth-order valence-corrected chi connectivity index (χ4v) is 2.67. The van der Waals surface area contributed by atoms with E-state index < -0.39 is 4.92 Å². The molecule has 0 radical (unpaired) electrons. The van der Waals surface area contributed by atoms with Gasteiger partial charge < -0.3 is 5.32 Å². The number of aromatic nitrogens is 2. The molecule has 108 valence electrons. The molecule has 20 heavy (non-hydrogen) atoms. The number of benzene rings is 1. The number of fused-ring (bicyclic) bond motifs is 1. The van der Waals surface area contributed by atoms with Crippen LogP contribution in [0, 0.1) is 10.1 Å². The molecule has 7 nitrogen and oxygen atoms in total. The zero-order chi connectivity index (χ0) is 14.5. The van der Waals surface area contributed by atoms with E-state index in [1.165, 1.54) is 6.07 Å². The van der Waals surface area contributed by atoms with Crippen molar-refractivity contribution in [2.45, 2.75) is 26.3 Å². The van der Waals surface area contributed by atoms with Crippen LogP contribution >= 0.6 is 11.8 Å². The summed E-state index contributed by atoms with van der Waals surface area (Å²) in [7, 11) is 0. The van der Waals surface area contributed by atoms with Gasteiger partial charge in [0.25, 0.3) is 0 Å². The molecule has 1 atom stereocenters. The van der Waals surface area contributed by atoms with Crippen LogP contribution in [-0.2, 0) is 0 Å². The molecule has 0 saturated carbocycles. The van der Waals surface area contributed by atoms with Crippen molar-refractivity contribution in [1.29, 1.82) is 0 Å². The van der Waals surface area contributed by atoms with Crippen LogP contribution < -0.4 is 5.32 Å². The normalized spacial score (nSPS) is 12.5. The molecule has 2 aromatic rings. The van der Waals surface area contributed by atoms with E-state index in [1.807, 2.05) is 11.8 Å². The molecule has 2 rings (SSSR count). The summed E-state index contributed by atoms with van der Waals surface area (Å²) in [6.45, 7) is 4.20. The van der Waals surface area contributed by atoms with E-state index in [4.69, 9.17) is 0 Å². The highest BCUT2D eigenvalue weighted by Gasteiger charge is 2.20. The van der Waals surface area contributed by atoms with Gasteiger partial charge in [-0.2, -0.15) is 11.8 Å². The lowest BCUT2D eigenvalue weighted by molar-refractivity contribution is -0.383. The van der Waals surface area contributed by atoms with Gasteiger partial charge in [-0.25, -0.2) is 4.63 Å². The summed E-state index contributed by atoms with van der Waals surface area (Å²) in [6.07, 6.45) is 1.00. The molecule has 0 amide bonds. The number of nitro groups is 1. The Kier molecular flexibility index (Phi) is 4.78. The van der Waals surface area contributed by atoms with Crippen LogP contribution in [0.15, 0.2) is 16.8 Å². The van der Waals surface area contributed by atoms with Crippen LogP contribution in [0.1, 0.15) is 20.3 Å². The summed E-state index contributed by atoms with van der Waals surface area (Å²) in [5.74, 6) is 2.17. The van der Waals surface area contributed by atoms with Crippen LogP contribution in [0.5, 0.6) is 0 Å². The third-order valence-electron chi connectivity index (χ3n) is 2.89. The van der Waals surface area contributed by atoms with Gasteiger partial charge in [0.05, 0.1) is 10.6 Å². The van der Waals surface area contributed by atoms with Gasteiger partial charge in [-0.1, -0.05) is 6.92 Å². The zero-order valence-corrected chi connectivity index (χ0v) is 12.1. The second kappa shape index (κ2) is 6.56. The van der Waals surface area contributed by atoms with Crippen molar-refractivity contribution in [3.05, 3.63) is 22.2 Å². The van der Waals surface area contributed by atoms with E-state index in [-0.39, 0.29) is 17.2 Å². The maximum atomic E-state index is 10.9. The number of rotatable bonds is 7. The SMILES string of the molecule is CCSCCC(C)Nc1ccc([N+](=O)[O-])c2nonc12. The van der Waals surface area contributed by atoms with Crippen molar-refractivity contribution in [2.24, 2.45) is 0 Å².